The van der Waals surface area contributed by atoms with E-state index in [1.807, 2.05) is 6.08 Å². The summed E-state index contributed by atoms with van der Waals surface area (Å²) in [7, 11) is 0. The van der Waals surface area contributed by atoms with Crippen LogP contribution in [0.3, 0.4) is 0 Å². The van der Waals surface area contributed by atoms with Gasteiger partial charge in [-0.15, -0.1) is 0 Å². The van der Waals surface area contributed by atoms with Crippen LogP contribution >= 0.6 is 0 Å². The van der Waals surface area contributed by atoms with E-state index in [-0.39, 0.29) is 6.04 Å². The predicted octanol–water partition coefficient (Wildman–Crippen LogP) is 6.68. The molecule has 0 amide bonds. The van der Waals surface area contributed by atoms with Crippen molar-refractivity contribution >= 4 is 16.8 Å². The lowest BCUT2D eigenvalue weighted by atomic mass is 9.84. The van der Waals surface area contributed by atoms with E-state index in [1.54, 1.807) is 0 Å². The first-order chi connectivity index (χ1) is 16.7. The van der Waals surface area contributed by atoms with Gasteiger partial charge in [-0.2, -0.15) is 0 Å². The second kappa shape index (κ2) is 10.4. The maximum atomic E-state index is 5.93. The van der Waals surface area contributed by atoms with Gasteiger partial charge >= 0.3 is 0 Å². The van der Waals surface area contributed by atoms with Gasteiger partial charge in [-0.3, -0.25) is 0 Å². The minimum Gasteiger partial charge on any atom is -0.378 e. The standard InChI is InChI=1S/C31H35N3/c32-31(33)27-15-8-16-28(20-27)34-30-18-17-26(21-29(30)23-11-5-2-6-12-23)25-14-7-13-24(19-25)22-9-3-1-4-10-22/h1,3-4,7-11,13-15,17-18,20-21,24,28,31,34H,2,5-6,12,16,19,32-33H2. The molecule has 2 atom stereocenters. The molecular weight excluding hydrogens is 414 g/mol. The van der Waals surface area contributed by atoms with Crippen molar-refractivity contribution in [3.63, 3.8) is 0 Å². The van der Waals surface area contributed by atoms with Gasteiger partial charge in [-0.05, 0) is 78.5 Å². The highest BCUT2D eigenvalue weighted by Gasteiger charge is 2.19. The van der Waals surface area contributed by atoms with Crippen LogP contribution in [0.5, 0.6) is 0 Å². The molecule has 0 aromatic heterocycles. The Morgan fingerprint density at radius 1 is 0.971 bits per heavy atom. The molecule has 5 N–H and O–H groups in total. The number of nitrogens with two attached hydrogens (primary N) is 2. The molecule has 0 fully saturated rings. The Bertz CT molecular complexity index is 1160. The molecular formula is C31H35N3. The fourth-order valence-electron chi connectivity index (χ4n) is 5.27. The lowest BCUT2D eigenvalue weighted by Crippen LogP contribution is -2.34. The average molecular weight is 450 g/mol. The third-order valence-electron chi connectivity index (χ3n) is 7.16. The first-order valence-electron chi connectivity index (χ1n) is 12.6. The highest BCUT2D eigenvalue weighted by molar-refractivity contribution is 5.81. The van der Waals surface area contributed by atoms with Gasteiger partial charge in [0, 0.05) is 23.2 Å². The predicted molar refractivity (Wildman–Crippen MR) is 145 cm³/mol. The van der Waals surface area contributed by atoms with Crippen molar-refractivity contribution in [2.45, 2.75) is 56.7 Å². The maximum Gasteiger partial charge on any atom is 0.0782 e. The molecule has 174 valence electrons. The average Bonchev–Trinajstić information content (AvgIpc) is 2.90. The number of benzene rings is 2. The van der Waals surface area contributed by atoms with Crippen LogP contribution in [0.4, 0.5) is 5.69 Å². The number of rotatable bonds is 6. The monoisotopic (exact) mass is 449 g/mol. The number of hydrogen-bond donors (Lipinski definition) is 3. The van der Waals surface area contributed by atoms with Crippen LogP contribution in [0, 0.1) is 0 Å². The van der Waals surface area contributed by atoms with Crippen LogP contribution < -0.4 is 16.8 Å². The summed E-state index contributed by atoms with van der Waals surface area (Å²) in [4.78, 5) is 0. The highest BCUT2D eigenvalue weighted by Crippen LogP contribution is 2.38. The van der Waals surface area contributed by atoms with Crippen molar-refractivity contribution in [2.24, 2.45) is 11.5 Å². The van der Waals surface area contributed by atoms with Gasteiger partial charge in [0.1, 0.15) is 0 Å². The summed E-state index contributed by atoms with van der Waals surface area (Å²) in [5.74, 6) is 0.425. The molecule has 0 aliphatic heterocycles. The van der Waals surface area contributed by atoms with Gasteiger partial charge < -0.3 is 16.8 Å². The molecule has 2 aromatic carbocycles. The van der Waals surface area contributed by atoms with Crippen molar-refractivity contribution in [2.75, 3.05) is 5.32 Å². The first-order valence-corrected chi connectivity index (χ1v) is 12.6. The summed E-state index contributed by atoms with van der Waals surface area (Å²) in [6.07, 6.45) is 22.0. The second-order valence-corrected chi connectivity index (χ2v) is 9.61. The number of hydrogen-bond acceptors (Lipinski definition) is 3. The minimum absolute atomic E-state index is 0.197. The van der Waals surface area contributed by atoms with Crippen LogP contribution in [0.1, 0.15) is 61.1 Å². The topological polar surface area (TPSA) is 64.1 Å². The van der Waals surface area contributed by atoms with E-state index in [0.29, 0.717) is 5.92 Å². The Labute approximate surface area is 203 Å². The van der Waals surface area contributed by atoms with Gasteiger partial charge in [-0.25, -0.2) is 0 Å². The fraction of sp³-hybridized carbons (Fsp3) is 0.290. The molecule has 0 heterocycles. The molecule has 34 heavy (non-hydrogen) atoms. The Hall–Kier alpha value is -3.14. The Morgan fingerprint density at radius 3 is 2.65 bits per heavy atom. The van der Waals surface area contributed by atoms with Crippen molar-refractivity contribution in [1.29, 1.82) is 0 Å². The largest absolute Gasteiger partial charge is 0.378 e. The van der Waals surface area contributed by atoms with E-state index in [2.05, 4.69) is 90.3 Å². The van der Waals surface area contributed by atoms with Crippen molar-refractivity contribution in [3.05, 3.63) is 113 Å². The zero-order valence-electron chi connectivity index (χ0n) is 19.8. The van der Waals surface area contributed by atoms with E-state index in [4.69, 9.17) is 11.5 Å². The molecule has 0 saturated heterocycles. The Morgan fingerprint density at radius 2 is 1.85 bits per heavy atom. The molecule has 3 aliphatic carbocycles. The third kappa shape index (κ3) is 5.16. The summed E-state index contributed by atoms with van der Waals surface area (Å²) >= 11 is 0. The van der Waals surface area contributed by atoms with Crippen LogP contribution in [0.15, 0.2) is 96.6 Å². The molecule has 0 bridgehead atoms. The normalized spacial score (nSPS) is 22.3. The molecule has 0 spiro atoms. The quantitative estimate of drug-likeness (QED) is 0.431. The number of nitrogens with one attached hydrogen (secondary N) is 1. The molecule has 5 rings (SSSR count). The fourth-order valence-corrected chi connectivity index (χ4v) is 5.27. The SMILES string of the molecule is NC(N)C1=CC(Nc2ccc(C3=CC=CC(c4ccccc4)C3)cc2C2=CCCCC2)CC=C1. The lowest BCUT2D eigenvalue weighted by Gasteiger charge is -2.25. The van der Waals surface area contributed by atoms with Crippen molar-refractivity contribution in [3.8, 4) is 0 Å². The summed E-state index contributed by atoms with van der Waals surface area (Å²) in [5.41, 5.74) is 21.0. The second-order valence-electron chi connectivity index (χ2n) is 9.61. The maximum absolute atomic E-state index is 5.93. The van der Waals surface area contributed by atoms with Gasteiger partial charge in [0.05, 0.1) is 6.17 Å². The van der Waals surface area contributed by atoms with Crippen LogP contribution in [0.2, 0.25) is 0 Å². The molecule has 3 nitrogen and oxygen atoms in total. The van der Waals surface area contributed by atoms with E-state index in [9.17, 15) is 0 Å². The van der Waals surface area contributed by atoms with E-state index in [1.165, 1.54) is 52.8 Å². The van der Waals surface area contributed by atoms with E-state index >= 15 is 0 Å². The van der Waals surface area contributed by atoms with Crippen LogP contribution in [0.25, 0.3) is 11.1 Å². The lowest BCUT2D eigenvalue weighted by molar-refractivity contribution is 0.741. The molecule has 0 saturated carbocycles. The summed E-state index contributed by atoms with van der Waals surface area (Å²) < 4.78 is 0. The minimum atomic E-state index is -0.437. The first kappa shape index (κ1) is 22.6. The highest BCUT2D eigenvalue weighted by atomic mass is 14.9. The Kier molecular flexibility index (Phi) is 6.94. The molecule has 2 aromatic rings. The van der Waals surface area contributed by atoms with E-state index < -0.39 is 6.17 Å². The smallest absolute Gasteiger partial charge is 0.0782 e. The van der Waals surface area contributed by atoms with Gasteiger partial charge in [-0.1, -0.05) is 78.9 Å². The van der Waals surface area contributed by atoms with Crippen molar-refractivity contribution < 1.29 is 0 Å². The van der Waals surface area contributed by atoms with Gasteiger partial charge in [0.25, 0.3) is 0 Å². The van der Waals surface area contributed by atoms with Crippen LogP contribution in [-0.2, 0) is 0 Å². The van der Waals surface area contributed by atoms with Crippen molar-refractivity contribution in [1.82, 2.24) is 0 Å². The number of anilines is 1. The third-order valence-corrected chi connectivity index (χ3v) is 7.16. The summed E-state index contributed by atoms with van der Waals surface area (Å²) in [6.45, 7) is 0. The van der Waals surface area contributed by atoms with Gasteiger partial charge in [0.2, 0.25) is 0 Å². The molecule has 2 unspecified atom stereocenters. The summed E-state index contributed by atoms with van der Waals surface area (Å²) in [5, 5.41) is 3.78. The summed E-state index contributed by atoms with van der Waals surface area (Å²) in [6, 6.07) is 18.0. The molecule has 3 aliphatic rings. The Balaban J connectivity index is 1.44. The van der Waals surface area contributed by atoms with E-state index in [0.717, 1.165) is 24.8 Å². The molecule has 0 radical (unpaired) electrons. The number of allylic oxidation sites excluding steroid dienone is 6. The zero-order valence-corrected chi connectivity index (χ0v) is 19.8. The zero-order chi connectivity index (χ0) is 23.3. The van der Waals surface area contributed by atoms with Gasteiger partial charge in [0.15, 0.2) is 0 Å². The molecule has 3 heteroatoms. The van der Waals surface area contributed by atoms with Crippen LogP contribution in [-0.4, -0.2) is 12.2 Å².